The third kappa shape index (κ3) is 2.81. The maximum Gasteiger partial charge on any atom is 0.219 e. The first-order chi connectivity index (χ1) is 9.05. The standard InChI is InChI=1S/C14H20N2O3/c1-9(17)16-7-13(14(15)8-16)10-4-11(18-2)6-12(5-10)19-3/h4-6,13-14H,7-8,15H2,1-3H3. The highest BCUT2D eigenvalue weighted by molar-refractivity contribution is 5.73. The van der Waals surface area contributed by atoms with Crippen molar-refractivity contribution >= 4 is 5.91 Å². The molecule has 19 heavy (non-hydrogen) atoms. The number of carbonyl (C=O) groups is 1. The minimum atomic E-state index is -0.0549. The van der Waals surface area contributed by atoms with Gasteiger partial charge in [0.25, 0.3) is 0 Å². The van der Waals surface area contributed by atoms with Crippen molar-refractivity contribution in [3.05, 3.63) is 23.8 Å². The predicted molar refractivity (Wildman–Crippen MR) is 72.5 cm³/mol. The van der Waals surface area contributed by atoms with Gasteiger partial charge in [-0.25, -0.2) is 0 Å². The summed E-state index contributed by atoms with van der Waals surface area (Å²) >= 11 is 0. The number of hydrogen-bond donors (Lipinski definition) is 1. The lowest BCUT2D eigenvalue weighted by Crippen LogP contribution is -2.30. The van der Waals surface area contributed by atoms with Crippen molar-refractivity contribution in [1.29, 1.82) is 0 Å². The third-order valence-electron chi connectivity index (χ3n) is 3.61. The van der Waals surface area contributed by atoms with Gasteiger partial charge in [-0.05, 0) is 17.7 Å². The van der Waals surface area contributed by atoms with Gasteiger partial charge in [-0.1, -0.05) is 0 Å². The molecule has 0 radical (unpaired) electrons. The average molecular weight is 264 g/mol. The van der Waals surface area contributed by atoms with E-state index in [1.807, 2.05) is 18.2 Å². The van der Waals surface area contributed by atoms with Gasteiger partial charge < -0.3 is 20.1 Å². The van der Waals surface area contributed by atoms with Crippen LogP contribution < -0.4 is 15.2 Å². The minimum absolute atomic E-state index is 0.0549. The summed E-state index contributed by atoms with van der Waals surface area (Å²) in [4.78, 5) is 13.2. The van der Waals surface area contributed by atoms with Gasteiger partial charge in [-0.15, -0.1) is 0 Å². The van der Waals surface area contributed by atoms with Crippen LogP contribution in [0.1, 0.15) is 18.4 Å². The van der Waals surface area contributed by atoms with Crippen molar-refractivity contribution in [3.8, 4) is 11.5 Å². The summed E-state index contributed by atoms with van der Waals surface area (Å²) in [5.74, 6) is 1.66. The van der Waals surface area contributed by atoms with Crippen molar-refractivity contribution in [1.82, 2.24) is 4.90 Å². The van der Waals surface area contributed by atoms with Crippen LogP contribution >= 0.6 is 0 Å². The molecule has 1 amide bonds. The molecule has 1 aromatic rings. The summed E-state index contributed by atoms with van der Waals surface area (Å²) in [6, 6.07) is 5.68. The van der Waals surface area contributed by atoms with E-state index < -0.39 is 0 Å². The van der Waals surface area contributed by atoms with Crippen LogP contribution in [0.15, 0.2) is 18.2 Å². The van der Waals surface area contributed by atoms with Crippen LogP contribution in [0.4, 0.5) is 0 Å². The Balaban J connectivity index is 2.28. The number of nitrogens with zero attached hydrogens (tertiary/aromatic N) is 1. The second kappa shape index (κ2) is 5.48. The van der Waals surface area contributed by atoms with Crippen LogP contribution in [0, 0.1) is 0 Å². The fourth-order valence-corrected chi connectivity index (χ4v) is 2.48. The second-order valence-electron chi connectivity index (χ2n) is 4.84. The molecule has 0 saturated carbocycles. The quantitative estimate of drug-likeness (QED) is 0.883. The highest BCUT2D eigenvalue weighted by Gasteiger charge is 2.33. The monoisotopic (exact) mass is 264 g/mol. The Morgan fingerprint density at radius 3 is 2.21 bits per heavy atom. The van der Waals surface area contributed by atoms with E-state index in [1.165, 1.54) is 0 Å². The molecule has 1 heterocycles. The molecule has 2 rings (SSSR count). The number of ether oxygens (including phenoxy) is 2. The number of amides is 1. The first-order valence-electron chi connectivity index (χ1n) is 6.29. The van der Waals surface area contributed by atoms with Gasteiger partial charge in [0.05, 0.1) is 14.2 Å². The molecule has 1 aliphatic rings. The van der Waals surface area contributed by atoms with Crippen LogP contribution in [0.25, 0.3) is 0 Å². The fraction of sp³-hybridized carbons (Fsp3) is 0.500. The Bertz CT molecular complexity index is 454. The zero-order valence-corrected chi connectivity index (χ0v) is 11.6. The maximum absolute atomic E-state index is 11.4. The van der Waals surface area contributed by atoms with E-state index in [4.69, 9.17) is 15.2 Å². The summed E-state index contributed by atoms with van der Waals surface area (Å²) in [7, 11) is 3.24. The summed E-state index contributed by atoms with van der Waals surface area (Å²) in [5.41, 5.74) is 7.20. The molecule has 0 bridgehead atoms. The first-order valence-corrected chi connectivity index (χ1v) is 6.29. The lowest BCUT2D eigenvalue weighted by molar-refractivity contribution is -0.127. The molecule has 1 aromatic carbocycles. The highest BCUT2D eigenvalue weighted by Crippen LogP contribution is 2.32. The van der Waals surface area contributed by atoms with E-state index >= 15 is 0 Å². The van der Waals surface area contributed by atoms with Crippen molar-refractivity contribution < 1.29 is 14.3 Å². The molecule has 0 aliphatic carbocycles. The highest BCUT2D eigenvalue weighted by atomic mass is 16.5. The van der Waals surface area contributed by atoms with Gasteiger partial charge in [-0.3, -0.25) is 4.79 Å². The molecule has 104 valence electrons. The van der Waals surface area contributed by atoms with Crippen LogP contribution in [-0.4, -0.2) is 44.2 Å². The van der Waals surface area contributed by atoms with E-state index in [0.29, 0.717) is 13.1 Å². The van der Waals surface area contributed by atoms with E-state index in [1.54, 1.807) is 26.0 Å². The molecule has 0 spiro atoms. The number of benzene rings is 1. The summed E-state index contributed by atoms with van der Waals surface area (Å²) < 4.78 is 10.5. The summed E-state index contributed by atoms with van der Waals surface area (Å²) in [6.07, 6.45) is 0. The van der Waals surface area contributed by atoms with Gasteiger partial charge in [0.2, 0.25) is 5.91 Å². The minimum Gasteiger partial charge on any atom is -0.497 e. The smallest absolute Gasteiger partial charge is 0.219 e. The number of nitrogens with two attached hydrogens (primary N) is 1. The van der Waals surface area contributed by atoms with Crippen LogP contribution in [0.2, 0.25) is 0 Å². The van der Waals surface area contributed by atoms with Crippen molar-refractivity contribution in [2.45, 2.75) is 18.9 Å². The zero-order chi connectivity index (χ0) is 14.0. The topological polar surface area (TPSA) is 64.8 Å². The molecule has 5 heteroatoms. The maximum atomic E-state index is 11.4. The molecule has 1 saturated heterocycles. The summed E-state index contributed by atoms with van der Waals surface area (Å²) in [5, 5.41) is 0. The number of rotatable bonds is 3. The van der Waals surface area contributed by atoms with Crippen molar-refractivity contribution in [3.63, 3.8) is 0 Å². The van der Waals surface area contributed by atoms with E-state index in [2.05, 4.69) is 0 Å². The Labute approximate surface area is 113 Å². The number of likely N-dealkylation sites (tertiary alicyclic amines) is 1. The largest absolute Gasteiger partial charge is 0.497 e. The molecule has 1 fully saturated rings. The first kappa shape index (κ1) is 13.7. The molecular weight excluding hydrogens is 244 g/mol. The van der Waals surface area contributed by atoms with Gasteiger partial charge in [0.1, 0.15) is 11.5 Å². The van der Waals surface area contributed by atoms with Gasteiger partial charge in [-0.2, -0.15) is 0 Å². The van der Waals surface area contributed by atoms with Gasteiger partial charge in [0, 0.05) is 38.0 Å². The molecule has 2 N–H and O–H groups in total. The summed E-state index contributed by atoms with van der Waals surface area (Å²) in [6.45, 7) is 2.81. The van der Waals surface area contributed by atoms with Crippen LogP contribution in [0.5, 0.6) is 11.5 Å². The predicted octanol–water partition coefficient (Wildman–Crippen LogP) is 0.977. The molecule has 2 unspecified atom stereocenters. The van der Waals surface area contributed by atoms with E-state index in [-0.39, 0.29) is 17.9 Å². The van der Waals surface area contributed by atoms with Gasteiger partial charge >= 0.3 is 0 Å². The van der Waals surface area contributed by atoms with E-state index in [0.717, 1.165) is 17.1 Å². The van der Waals surface area contributed by atoms with Crippen molar-refractivity contribution in [2.24, 2.45) is 5.73 Å². The lowest BCUT2D eigenvalue weighted by atomic mass is 9.94. The van der Waals surface area contributed by atoms with Crippen molar-refractivity contribution in [2.75, 3.05) is 27.3 Å². The molecule has 0 aromatic heterocycles. The Hall–Kier alpha value is -1.75. The lowest BCUT2D eigenvalue weighted by Gasteiger charge is -2.17. The van der Waals surface area contributed by atoms with E-state index in [9.17, 15) is 4.79 Å². The zero-order valence-electron chi connectivity index (χ0n) is 11.6. The fourth-order valence-electron chi connectivity index (χ4n) is 2.48. The number of carbonyl (C=O) groups excluding carboxylic acids is 1. The normalized spacial score (nSPS) is 22.4. The second-order valence-corrected chi connectivity index (χ2v) is 4.84. The SMILES string of the molecule is COc1cc(OC)cc(C2CN(C(C)=O)CC2N)c1. The molecule has 5 nitrogen and oxygen atoms in total. The van der Waals surface area contributed by atoms with Crippen LogP contribution in [-0.2, 0) is 4.79 Å². The Kier molecular flexibility index (Phi) is 3.95. The Morgan fingerprint density at radius 2 is 1.79 bits per heavy atom. The molecular formula is C14H20N2O3. The molecule has 2 atom stereocenters. The average Bonchev–Trinajstić information content (AvgIpc) is 2.80. The van der Waals surface area contributed by atoms with Crippen LogP contribution in [0.3, 0.4) is 0 Å². The number of methoxy groups -OCH3 is 2. The third-order valence-corrected chi connectivity index (χ3v) is 3.61. The van der Waals surface area contributed by atoms with Gasteiger partial charge in [0.15, 0.2) is 0 Å². The molecule has 1 aliphatic heterocycles. The number of hydrogen-bond acceptors (Lipinski definition) is 4. The Morgan fingerprint density at radius 1 is 1.21 bits per heavy atom.